The van der Waals surface area contributed by atoms with Gasteiger partial charge in [-0.1, -0.05) is 19.3 Å². The standard InChI is InChI=1S/C14H26N2O/c1-10(11-5-3-2-4-6-11)16-14(17)12-7-8-13(15)9-12/h10-13H,2-9,15H2,1H3,(H,16,17). The van der Waals surface area contributed by atoms with E-state index >= 15 is 0 Å². The molecule has 0 spiro atoms. The summed E-state index contributed by atoms with van der Waals surface area (Å²) in [7, 11) is 0. The first-order valence-electron chi connectivity index (χ1n) is 7.22. The first-order valence-corrected chi connectivity index (χ1v) is 7.22. The Morgan fingerprint density at radius 2 is 1.88 bits per heavy atom. The molecule has 0 bridgehead atoms. The maximum absolute atomic E-state index is 12.1. The van der Waals surface area contributed by atoms with Gasteiger partial charge in [0.15, 0.2) is 0 Å². The molecule has 0 heterocycles. The lowest BCUT2D eigenvalue weighted by Crippen LogP contribution is -2.41. The van der Waals surface area contributed by atoms with E-state index in [2.05, 4.69) is 12.2 Å². The van der Waals surface area contributed by atoms with Gasteiger partial charge < -0.3 is 11.1 Å². The van der Waals surface area contributed by atoms with Crippen LogP contribution in [-0.4, -0.2) is 18.0 Å². The topological polar surface area (TPSA) is 55.1 Å². The van der Waals surface area contributed by atoms with E-state index in [0.29, 0.717) is 12.0 Å². The molecular formula is C14H26N2O. The van der Waals surface area contributed by atoms with Crippen molar-refractivity contribution < 1.29 is 4.79 Å². The van der Waals surface area contributed by atoms with Gasteiger partial charge in [0.2, 0.25) is 5.91 Å². The lowest BCUT2D eigenvalue weighted by molar-refractivity contribution is -0.125. The summed E-state index contributed by atoms with van der Waals surface area (Å²) in [5, 5.41) is 3.22. The highest BCUT2D eigenvalue weighted by Gasteiger charge is 2.30. The van der Waals surface area contributed by atoms with Crippen LogP contribution in [0.2, 0.25) is 0 Å². The number of nitrogens with one attached hydrogen (secondary N) is 1. The van der Waals surface area contributed by atoms with Gasteiger partial charge in [0.05, 0.1) is 0 Å². The Labute approximate surface area is 105 Å². The van der Waals surface area contributed by atoms with Crippen molar-refractivity contribution in [2.75, 3.05) is 0 Å². The average molecular weight is 238 g/mol. The second-order valence-corrected chi connectivity index (χ2v) is 5.97. The molecule has 98 valence electrons. The van der Waals surface area contributed by atoms with Gasteiger partial charge in [0, 0.05) is 18.0 Å². The van der Waals surface area contributed by atoms with E-state index in [1.165, 1.54) is 32.1 Å². The van der Waals surface area contributed by atoms with Gasteiger partial charge in [-0.15, -0.1) is 0 Å². The van der Waals surface area contributed by atoms with Gasteiger partial charge in [0.1, 0.15) is 0 Å². The van der Waals surface area contributed by atoms with Gasteiger partial charge in [0.25, 0.3) is 0 Å². The summed E-state index contributed by atoms with van der Waals surface area (Å²) >= 11 is 0. The van der Waals surface area contributed by atoms with Crippen LogP contribution in [0.3, 0.4) is 0 Å². The molecule has 2 fully saturated rings. The molecule has 2 saturated carbocycles. The van der Waals surface area contributed by atoms with Crippen molar-refractivity contribution >= 4 is 5.91 Å². The second kappa shape index (κ2) is 5.85. The number of amides is 1. The fraction of sp³-hybridized carbons (Fsp3) is 0.929. The summed E-state index contributed by atoms with van der Waals surface area (Å²) in [6.07, 6.45) is 9.47. The van der Waals surface area contributed by atoms with E-state index in [-0.39, 0.29) is 17.9 Å². The molecule has 3 unspecified atom stereocenters. The van der Waals surface area contributed by atoms with E-state index in [4.69, 9.17) is 5.73 Å². The summed E-state index contributed by atoms with van der Waals surface area (Å²) in [6, 6.07) is 0.593. The second-order valence-electron chi connectivity index (χ2n) is 5.97. The van der Waals surface area contributed by atoms with Crippen LogP contribution >= 0.6 is 0 Å². The predicted molar refractivity (Wildman–Crippen MR) is 69.5 cm³/mol. The molecule has 3 heteroatoms. The van der Waals surface area contributed by atoms with Gasteiger partial charge in [-0.3, -0.25) is 4.79 Å². The van der Waals surface area contributed by atoms with E-state index in [1.807, 2.05) is 0 Å². The minimum absolute atomic E-state index is 0.177. The monoisotopic (exact) mass is 238 g/mol. The van der Waals surface area contributed by atoms with Crippen LogP contribution in [0, 0.1) is 11.8 Å². The van der Waals surface area contributed by atoms with E-state index < -0.39 is 0 Å². The van der Waals surface area contributed by atoms with E-state index in [1.54, 1.807) is 0 Å². The minimum atomic E-state index is 0.177. The third-order valence-electron chi connectivity index (χ3n) is 4.57. The smallest absolute Gasteiger partial charge is 0.223 e. The summed E-state index contributed by atoms with van der Waals surface area (Å²) in [5.74, 6) is 1.12. The molecule has 1 amide bonds. The first-order chi connectivity index (χ1) is 8.16. The largest absolute Gasteiger partial charge is 0.353 e. The number of carbonyl (C=O) groups is 1. The zero-order valence-corrected chi connectivity index (χ0v) is 11.0. The van der Waals surface area contributed by atoms with Gasteiger partial charge in [-0.2, -0.15) is 0 Å². The molecule has 3 nitrogen and oxygen atoms in total. The van der Waals surface area contributed by atoms with Crippen LogP contribution in [0.15, 0.2) is 0 Å². The molecule has 3 atom stereocenters. The molecule has 0 saturated heterocycles. The van der Waals surface area contributed by atoms with Crippen molar-refractivity contribution in [3.63, 3.8) is 0 Å². The van der Waals surface area contributed by atoms with Crippen molar-refractivity contribution in [1.29, 1.82) is 0 Å². The summed E-state index contributed by atoms with van der Waals surface area (Å²) < 4.78 is 0. The molecule has 0 aromatic heterocycles. The third-order valence-corrected chi connectivity index (χ3v) is 4.57. The van der Waals surface area contributed by atoms with Gasteiger partial charge in [-0.05, 0) is 44.9 Å². The highest BCUT2D eigenvalue weighted by atomic mass is 16.1. The van der Waals surface area contributed by atoms with Crippen LogP contribution in [-0.2, 0) is 4.79 Å². The minimum Gasteiger partial charge on any atom is -0.353 e. The maximum atomic E-state index is 12.1. The van der Waals surface area contributed by atoms with Crippen molar-refractivity contribution in [3.05, 3.63) is 0 Å². The van der Waals surface area contributed by atoms with Gasteiger partial charge >= 0.3 is 0 Å². The van der Waals surface area contributed by atoms with Crippen LogP contribution in [0.1, 0.15) is 58.3 Å². The molecule has 17 heavy (non-hydrogen) atoms. The Bertz CT molecular complexity index is 261. The highest BCUT2D eigenvalue weighted by molar-refractivity contribution is 5.79. The molecule has 0 aliphatic heterocycles. The Morgan fingerprint density at radius 3 is 2.47 bits per heavy atom. The highest BCUT2D eigenvalue weighted by Crippen LogP contribution is 2.28. The molecule has 2 rings (SSSR count). The summed E-state index contributed by atoms with van der Waals surface area (Å²) in [4.78, 5) is 12.1. The molecular weight excluding hydrogens is 212 g/mol. The summed E-state index contributed by atoms with van der Waals surface area (Å²) in [5.41, 5.74) is 5.86. The number of hydrogen-bond acceptors (Lipinski definition) is 2. The molecule has 2 aliphatic carbocycles. The molecule has 2 aliphatic rings. The lowest BCUT2D eigenvalue weighted by Gasteiger charge is -2.29. The number of rotatable bonds is 3. The third kappa shape index (κ3) is 3.44. The van der Waals surface area contributed by atoms with E-state index in [0.717, 1.165) is 19.3 Å². The molecule has 0 radical (unpaired) electrons. The lowest BCUT2D eigenvalue weighted by atomic mass is 9.84. The number of nitrogens with two attached hydrogens (primary N) is 1. The van der Waals surface area contributed by atoms with Crippen LogP contribution in [0.4, 0.5) is 0 Å². The fourth-order valence-corrected chi connectivity index (χ4v) is 3.35. The zero-order valence-electron chi connectivity index (χ0n) is 11.0. The zero-order chi connectivity index (χ0) is 12.3. The molecule has 0 aromatic carbocycles. The van der Waals surface area contributed by atoms with Crippen molar-refractivity contribution in [2.24, 2.45) is 17.6 Å². The Kier molecular flexibility index (Phi) is 4.43. The Balaban J connectivity index is 1.77. The number of carbonyl (C=O) groups excluding carboxylic acids is 1. The van der Waals surface area contributed by atoms with E-state index in [9.17, 15) is 4.79 Å². The molecule has 0 aromatic rings. The number of hydrogen-bond donors (Lipinski definition) is 2. The van der Waals surface area contributed by atoms with Gasteiger partial charge in [-0.25, -0.2) is 0 Å². The van der Waals surface area contributed by atoms with Crippen molar-refractivity contribution in [2.45, 2.75) is 70.4 Å². The maximum Gasteiger partial charge on any atom is 0.223 e. The first kappa shape index (κ1) is 12.9. The normalized spacial score (nSPS) is 32.4. The predicted octanol–water partition coefficient (Wildman–Crippen LogP) is 2.20. The SMILES string of the molecule is CC(NC(=O)C1CCC(N)C1)C1CCCCC1. The molecule has 3 N–H and O–H groups in total. The van der Waals surface area contributed by atoms with Crippen molar-refractivity contribution in [3.8, 4) is 0 Å². The Hall–Kier alpha value is -0.570. The quantitative estimate of drug-likeness (QED) is 0.792. The van der Waals surface area contributed by atoms with Crippen LogP contribution < -0.4 is 11.1 Å². The average Bonchev–Trinajstić information content (AvgIpc) is 2.77. The fourth-order valence-electron chi connectivity index (χ4n) is 3.35. The Morgan fingerprint density at radius 1 is 1.18 bits per heavy atom. The van der Waals surface area contributed by atoms with Crippen LogP contribution in [0.25, 0.3) is 0 Å². The summed E-state index contributed by atoms with van der Waals surface area (Å²) in [6.45, 7) is 2.17. The van der Waals surface area contributed by atoms with Crippen molar-refractivity contribution in [1.82, 2.24) is 5.32 Å². The van der Waals surface area contributed by atoms with Crippen LogP contribution in [0.5, 0.6) is 0 Å².